The second-order valence-electron chi connectivity index (χ2n) is 4.52. The van der Waals surface area contributed by atoms with Gasteiger partial charge in [-0.3, -0.25) is 9.59 Å². The maximum absolute atomic E-state index is 11.9. The number of rotatable bonds is 4. The van der Waals surface area contributed by atoms with E-state index in [0.29, 0.717) is 13.0 Å². The van der Waals surface area contributed by atoms with Gasteiger partial charge in [0.15, 0.2) is 0 Å². The van der Waals surface area contributed by atoms with E-state index in [2.05, 4.69) is 16.0 Å². The van der Waals surface area contributed by atoms with Crippen molar-refractivity contribution in [3.05, 3.63) is 0 Å². The van der Waals surface area contributed by atoms with Gasteiger partial charge < -0.3 is 16.0 Å². The lowest BCUT2D eigenvalue weighted by molar-refractivity contribution is -0.131. The molecule has 1 unspecified atom stereocenters. The normalized spacial score (nSPS) is 23.4. The number of nitrogens with one attached hydrogen (secondary N) is 3. The van der Waals surface area contributed by atoms with Crippen LogP contribution in [0.1, 0.15) is 26.2 Å². The largest absolute Gasteiger partial charge is 0.359 e. The fourth-order valence-electron chi connectivity index (χ4n) is 1.88. The lowest BCUT2D eigenvalue weighted by atomic mass is 9.82. The van der Waals surface area contributed by atoms with E-state index in [1.807, 2.05) is 6.92 Å². The quantitative estimate of drug-likeness (QED) is 0.671. The first-order valence-electron chi connectivity index (χ1n) is 5.78. The highest BCUT2D eigenvalue weighted by molar-refractivity contribution is 5.85. The maximum Gasteiger partial charge on any atom is 0.227 e. The lowest BCUT2D eigenvalue weighted by Gasteiger charge is -2.32. The van der Waals surface area contributed by atoms with Gasteiger partial charge in [-0.2, -0.15) is 0 Å². The highest BCUT2D eigenvalue weighted by Gasteiger charge is 2.34. The molecule has 2 amide bonds. The van der Waals surface area contributed by atoms with E-state index in [-0.39, 0.29) is 29.6 Å². The van der Waals surface area contributed by atoms with Gasteiger partial charge in [0, 0.05) is 26.6 Å². The second-order valence-corrected chi connectivity index (χ2v) is 4.52. The van der Waals surface area contributed by atoms with Gasteiger partial charge in [0.2, 0.25) is 11.8 Å². The predicted octanol–water partition coefficient (Wildman–Crippen LogP) is 0.0502. The molecule has 1 heterocycles. The molecule has 100 valence electrons. The molecule has 0 radical (unpaired) electrons. The highest BCUT2D eigenvalue weighted by Crippen LogP contribution is 2.25. The Bertz CT molecular complexity index is 265. The van der Waals surface area contributed by atoms with E-state index in [4.69, 9.17) is 0 Å². The summed E-state index contributed by atoms with van der Waals surface area (Å²) < 4.78 is 0. The molecule has 0 aromatic rings. The summed E-state index contributed by atoms with van der Waals surface area (Å²) in [5, 5.41) is 8.57. The topological polar surface area (TPSA) is 70.2 Å². The van der Waals surface area contributed by atoms with Gasteiger partial charge in [-0.1, -0.05) is 0 Å². The molecule has 1 aliphatic rings. The molecule has 0 saturated carbocycles. The molecule has 17 heavy (non-hydrogen) atoms. The van der Waals surface area contributed by atoms with Crippen molar-refractivity contribution in [3.63, 3.8) is 0 Å². The summed E-state index contributed by atoms with van der Waals surface area (Å²) in [6.07, 6.45) is 2.27. The third-order valence-electron chi connectivity index (χ3n) is 3.06. The average Bonchev–Trinajstić information content (AvgIpc) is 2.29. The number of halogens is 1. The van der Waals surface area contributed by atoms with Crippen LogP contribution >= 0.6 is 12.4 Å². The van der Waals surface area contributed by atoms with Crippen LogP contribution in [0.4, 0.5) is 0 Å². The number of carbonyl (C=O) groups excluding carboxylic acids is 2. The Morgan fingerprint density at radius 1 is 1.41 bits per heavy atom. The minimum Gasteiger partial charge on any atom is -0.359 e. The van der Waals surface area contributed by atoms with Crippen molar-refractivity contribution >= 4 is 24.2 Å². The van der Waals surface area contributed by atoms with Crippen molar-refractivity contribution in [2.24, 2.45) is 5.41 Å². The van der Waals surface area contributed by atoms with E-state index < -0.39 is 0 Å². The summed E-state index contributed by atoms with van der Waals surface area (Å²) >= 11 is 0. The summed E-state index contributed by atoms with van der Waals surface area (Å²) in [6, 6.07) is 0. The van der Waals surface area contributed by atoms with E-state index in [1.165, 1.54) is 0 Å². The Morgan fingerprint density at radius 3 is 2.65 bits per heavy atom. The van der Waals surface area contributed by atoms with Crippen molar-refractivity contribution in [2.75, 3.05) is 26.7 Å². The Labute approximate surface area is 109 Å². The number of hydrogen-bond acceptors (Lipinski definition) is 3. The molecule has 0 bridgehead atoms. The molecular weight excluding hydrogens is 242 g/mol. The van der Waals surface area contributed by atoms with Gasteiger partial charge in [-0.15, -0.1) is 12.4 Å². The summed E-state index contributed by atoms with van der Waals surface area (Å²) in [4.78, 5) is 22.9. The van der Waals surface area contributed by atoms with E-state index >= 15 is 0 Å². The second kappa shape index (κ2) is 7.50. The van der Waals surface area contributed by atoms with Gasteiger partial charge in [-0.25, -0.2) is 0 Å². The van der Waals surface area contributed by atoms with Crippen LogP contribution in [0.3, 0.4) is 0 Å². The maximum atomic E-state index is 11.9. The molecular formula is C11H22ClN3O2. The molecule has 1 fully saturated rings. The Kier molecular flexibility index (Phi) is 7.15. The first-order valence-corrected chi connectivity index (χ1v) is 5.78. The van der Waals surface area contributed by atoms with Crippen LogP contribution in [0.5, 0.6) is 0 Å². The molecule has 0 aromatic heterocycles. The van der Waals surface area contributed by atoms with Crippen molar-refractivity contribution < 1.29 is 9.59 Å². The van der Waals surface area contributed by atoms with Crippen molar-refractivity contribution in [1.29, 1.82) is 0 Å². The number of hydrogen-bond donors (Lipinski definition) is 3. The third-order valence-corrected chi connectivity index (χ3v) is 3.06. The third kappa shape index (κ3) is 4.91. The van der Waals surface area contributed by atoms with Gasteiger partial charge in [-0.05, 0) is 26.3 Å². The number of piperidine rings is 1. The summed E-state index contributed by atoms with van der Waals surface area (Å²) in [5.41, 5.74) is -0.319. The van der Waals surface area contributed by atoms with Gasteiger partial charge in [0.25, 0.3) is 0 Å². The highest BCUT2D eigenvalue weighted by atomic mass is 35.5. The molecule has 1 saturated heterocycles. The fourth-order valence-corrected chi connectivity index (χ4v) is 1.88. The van der Waals surface area contributed by atoms with Crippen molar-refractivity contribution in [1.82, 2.24) is 16.0 Å². The van der Waals surface area contributed by atoms with Gasteiger partial charge >= 0.3 is 0 Å². The zero-order chi connectivity index (χ0) is 12.0. The van der Waals surface area contributed by atoms with Crippen LogP contribution in [0.2, 0.25) is 0 Å². The monoisotopic (exact) mass is 263 g/mol. The molecule has 0 aromatic carbocycles. The van der Waals surface area contributed by atoms with E-state index in [0.717, 1.165) is 25.9 Å². The summed E-state index contributed by atoms with van der Waals surface area (Å²) in [6.45, 7) is 4.09. The zero-order valence-corrected chi connectivity index (χ0v) is 11.3. The molecule has 6 heteroatoms. The van der Waals surface area contributed by atoms with Crippen LogP contribution in [0.15, 0.2) is 0 Å². The molecule has 0 aliphatic carbocycles. The standard InChI is InChI=1S/C11H21N3O2.ClH/c1-11(5-3-6-13-8-11)10(16)14-7-4-9(15)12-2;/h13H,3-8H2,1-2H3,(H,12,15)(H,14,16);1H. The fraction of sp³-hybridized carbons (Fsp3) is 0.818. The molecule has 3 N–H and O–H groups in total. The Hall–Kier alpha value is -0.810. The number of amides is 2. The van der Waals surface area contributed by atoms with Crippen LogP contribution < -0.4 is 16.0 Å². The van der Waals surface area contributed by atoms with Crippen LogP contribution in [-0.2, 0) is 9.59 Å². The van der Waals surface area contributed by atoms with Crippen LogP contribution in [0, 0.1) is 5.41 Å². The summed E-state index contributed by atoms with van der Waals surface area (Å²) in [7, 11) is 1.59. The molecule has 1 rings (SSSR count). The molecule has 5 nitrogen and oxygen atoms in total. The molecule has 1 atom stereocenters. The first kappa shape index (κ1) is 16.2. The minimum absolute atomic E-state index is 0. The van der Waals surface area contributed by atoms with E-state index in [9.17, 15) is 9.59 Å². The Balaban J connectivity index is 0.00000256. The predicted molar refractivity (Wildman–Crippen MR) is 69.2 cm³/mol. The van der Waals surface area contributed by atoms with Crippen LogP contribution in [0.25, 0.3) is 0 Å². The van der Waals surface area contributed by atoms with Crippen LogP contribution in [-0.4, -0.2) is 38.5 Å². The first-order chi connectivity index (χ1) is 7.58. The summed E-state index contributed by atoms with van der Waals surface area (Å²) in [5.74, 6) is -0.00387. The lowest BCUT2D eigenvalue weighted by Crippen LogP contribution is -2.49. The van der Waals surface area contributed by atoms with Crippen molar-refractivity contribution in [2.45, 2.75) is 26.2 Å². The smallest absolute Gasteiger partial charge is 0.227 e. The van der Waals surface area contributed by atoms with Gasteiger partial charge in [0.05, 0.1) is 5.41 Å². The SMILES string of the molecule is CNC(=O)CCNC(=O)C1(C)CCCNC1.Cl. The molecule has 0 spiro atoms. The molecule has 1 aliphatic heterocycles. The minimum atomic E-state index is -0.319. The zero-order valence-electron chi connectivity index (χ0n) is 10.5. The number of carbonyl (C=O) groups is 2. The Morgan fingerprint density at radius 2 is 2.12 bits per heavy atom. The van der Waals surface area contributed by atoms with E-state index in [1.54, 1.807) is 7.05 Å². The van der Waals surface area contributed by atoms with Gasteiger partial charge in [0.1, 0.15) is 0 Å². The average molecular weight is 264 g/mol. The van der Waals surface area contributed by atoms with Crippen molar-refractivity contribution in [3.8, 4) is 0 Å².